The summed E-state index contributed by atoms with van der Waals surface area (Å²) in [5, 5.41) is 18.4. The van der Waals surface area contributed by atoms with Crippen molar-refractivity contribution in [1.29, 1.82) is 0 Å². The van der Waals surface area contributed by atoms with E-state index in [9.17, 15) is 31.4 Å². The summed E-state index contributed by atoms with van der Waals surface area (Å²) in [6, 6.07) is 6.37. The first-order valence-corrected chi connectivity index (χ1v) is 12.4. The second-order valence-corrected chi connectivity index (χ2v) is 12.0. The highest BCUT2D eigenvalue weighted by Crippen LogP contribution is 2.37. The summed E-state index contributed by atoms with van der Waals surface area (Å²) in [7, 11) is -8.80. The van der Waals surface area contributed by atoms with Crippen molar-refractivity contribution in [3.63, 3.8) is 0 Å². The molecular formula is C17H15Cl3FNO6S2. The van der Waals surface area contributed by atoms with E-state index in [1.54, 1.807) is 0 Å². The van der Waals surface area contributed by atoms with Gasteiger partial charge in [0.25, 0.3) is 0 Å². The minimum absolute atomic E-state index is 0.192. The normalized spacial score (nSPS) is 23.1. The van der Waals surface area contributed by atoms with Gasteiger partial charge in [-0.1, -0.05) is 34.8 Å². The molecule has 0 aliphatic carbocycles. The monoisotopic (exact) mass is 517 g/mol. The Morgan fingerprint density at radius 1 is 1.07 bits per heavy atom. The maximum atomic E-state index is 13.8. The van der Waals surface area contributed by atoms with Crippen molar-refractivity contribution in [2.45, 2.75) is 20.6 Å². The van der Waals surface area contributed by atoms with E-state index in [2.05, 4.69) is 0 Å². The molecule has 2 aromatic carbocycles. The average molecular weight is 519 g/mol. The van der Waals surface area contributed by atoms with Crippen molar-refractivity contribution in [3.05, 3.63) is 57.3 Å². The van der Waals surface area contributed by atoms with E-state index in [1.165, 1.54) is 12.1 Å². The summed E-state index contributed by atoms with van der Waals surface area (Å²) in [6.07, 6.45) is 0. The van der Waals surface area contributed by atoms with Gasteiger partial charge in [0, 0.05) is 18.1 Å². The third kappa shape index (κ3) is 4.07. The molecule has 2 atom stereocenters. The quantitative estimate of drug-likeness (QED) is 0.628. The number of aliphatic hydroxyl groups is 2. The summed E-state index contributed by atoms with van der Waals surface area (Å²) in [5.74, 6) is -0.999. The number of halogens is 4. The summed E-state index contributed by atoms with van der Waals surface area (Å²) in [5.41, 5.74) is -2.33. The Kier molecular flexibility index (Phi) is 6.45. The van der Waals surface area contributed by atoms with Gasteiger partial charge in [0.2, 0.25) is 10.0 Å². The lowest BCUT2D eigenvalue weighted by molar-refractivity contribution is 0.00159. The Balaban J connectivity index is 2.04. The molecule has 0 amide bonds. The minimum Gasteiger partial charge on any atom is -0.393 e. The fourth-order valence-corrected chi connectivity index (χ4v) is 7.62. The van der Waals surface area contributed by atoms with E-state index >= 15 is 0 Å². The van der Waals surface area contributed by atoms with E-state index in [0.29, 0.717) is 10.4 Å². The molecule has 1 heterocycles. The number of sulfonamides is 1. The van der Waals surface area contributed by atoms with Gasteiger partial charge < -0.3 is 10.2 Å². The molecule has 7 nitrogen and oxygen atoms in total. The molecule has 1 saturated heterocycles. The maximum Gasteiger partial charge on any atom is 0.244 e. The van der Waals surface area contributed by atoms with E-state index in [4.69, 9.17) is 34.8 Å². The molecule has 164 valence electrons. The molecule has 0 bridgehead atoms. The van der Waals surface area contributed by atoms with Crippen molar-refractivity contribution in [2.75, 3.05) is 19.7 Å². The highest BCUT2D eigenvalue weighted by molar-refractivity contribution is 7.92. The zero-order valence-electron chi connectivity index (χ0n) is 15.0. The Labute approximate surface area is 187 Å². The first-order valence-electron chi connectivity index (χ1n) is 8.30. The first kappa shape index (κ1) is 23.7. The molecule has 0 saturated carbocycles. The number of sulfone groups is 1. The maximum absolute atomic E-state index is 13.8. The molecule has 0 unspecified atom stereocenters. The molecular weight excluding hydrogens is 504 g/mol. The fourth-order valence-electron chi connectivity index (χ4n) is 3.19. The molecule has 3 rings (SSSR count). The van der Waals surface area contributed by atoms with Crippen molar-refractivity contribution in [2.24, 2.45) is 0 Å². The lowest BCUT2D eigenvalue weighted by Crippen LogP contribution is -2.49. The van der Waals surface area contributed by atoms with Crippen LogP contribution in [-0.4, -0.2) is 61.9 Å². The largest absolute Gasteiger partial charge is 0.393 e. The van der Waals surface area contributed by atoms with Gasteiger partial charge in [-0.15, -0.1) is 0 Å². The van der Waals surface area contributed by atoms with Crippen LogP contribution in [0.3, 0.4) is 0 Å². The van der Waals surface area contributed by atoms with Crippen LogP contribution in [0, 0.1) is 5.82 Å². The van der Waals surface area contributed by atoms with Crippen LogP contribution in [0.1, 0.15) is 0 Å². The second kappa shape index (κ2) is 8.18. The third-order valence-corrected chi connectivity index (χ3v) is 9.88. The third-order valence-electron chi connectivity index (χ3n) is 4.80. The van der Waals surface area contributed by atoms with Crippen LogP contribution >= 0.6 is 34.8 Å². The van der Waals surface area contributed by atoms with Crippen molar-refractivity contribution in [1.82, 2.24) is 4.31 Å². The number of benzene rings is 2. The van der Waals surface area contributed by atoms with Crippen molar-refractivity contribution < 1.29 is 31.4 Å². The average Bonchev–Trinajstić information content (AvgIpc) is 3.03. The Hall–Kier alpha value is -0.980. The second-order valence-electron chi connectivity index (χ2n) is 6.74. The highest BCUT2D eigenvalue weighted by Gasteiger charge is 2.55. The van der Waals surface area contributed by atoms with Gasteiger partial charge in [0.15, 0.2) is 9.84 Å². The Bertz CT molecular complexity index is 1210. The standard InChI is InChI=1S/C17H15Cl3FNO6S2/c18-10-1-4-15(13(20)5-10)30(27,28)22-7-16(17(24,8-22)9-23)29(25,26)11-2-3-12(19)14(21)6-11/h1-6,16,23-24H,7-9H2/t16-,17-/m0/s1. The highest BCUT2D eigenvalue weighted by atomic mass is 35.5. The number of rotatable bonds is 5. The number of nitrogens with zero attached hydrogens (tertiary/aromatic N) is 1. The first-order chi connectivity index (χ1) is 13.8. The van der Waals surface area contributed by atoms with Gasteiger partial charge in [-0.05, 0) is 36.4 Å². The smallest absolute Gasteiger partial charge is 0.244 e. The summed E-state index contributed by atoms with van der Waals surface area (Å²) < 4.78 is 66.6. The lowest BCUT2D eigenvalue weighted by Gasteiger charge is -2.26. The van der Waals surface area contributed by atoms with Gasteiger partial charge in [-0.2, -0.15) is 4.31 Å². The van der Waals surface area contributed by atoms with Crippen LogP contribution < -0.4 is 0 Å². The SMILES string of the molecule is O=S(=O)(c1ccc(Cl)c(F)c1)[C@H]1CN(S(=O)(=O)c2ccc(Cl)cc2Cl)C[C@]1(O)CO. The van der Waals surface area contributed by atoms with Gasteiger partial charge in [0.1, 0.15) is 21.6 Å². The Morgan fingerprint density at radius 3 is 2.30 bits per heavy atom. The van der Waals surface area contributed by atoms with E-state index in [-0.39, 0.29) is 20.0 Å². The summed E-state index contributed by atoms with van der Waals surface area (Å²) in [6.45, 7) is -2.46. The zero-order valence-corrected chi connectivity index (χ0v) is 18.9. The molecule has 0 spiro atoms. The van der Waals surface area contributed by atoms with Crippen molar-refractivity contribution in [3.8, 4) is 0 Å². The van der Waals surface area contributed by atoms with Crippen LogP contribution in [0.2, 0.25) is 15.1 Å². The van der Waals surface area contributed by atoms with Crippen LogP contribution in [0.5, 0.6) is 0 Å². The Morgan fingerprint density at radius 2 is 1.73 bits per heavy atom. The fraction of sp³-hybridized carbons (Fsp3) is 0.294. The summed E-state index contributed by atoms with van der Waals surface area (Å²) >= 11 is 17.3. The topological polar surface area (TPSA) is 112 Å². The number of aliphatic hydroxyl groups excluding tert-OH is 1. The zero-order chi connectivity index (χ0) is 22.5. The molecule has 1 aliphatic rings. The molecule has 2 aromatic rings. The van der Waals surface area contributed by atoms with Gasteiger partial charge in [-0.3, -0.25) is 0 Å². The van der Waals surface area contributed by atoms with Crippen molar-refractivity contribution >= 4 is 54.7 Å². The molecule has 0 radical (unpaired) electrons. The van der Waals surface area contributed by atoms with Crippen LogP contribution in [0.4, 0.5) is 4.39 Å². The van der Waals surface area contributed by atoms with Crippen LogP contribution in [0.15, 0.2) is 46.2 Å². The van der Waals surface area contributed by atoms with Crippen LogP contribution in [-0.2, 0) is 19.9 Å². The van der Waals surface area contributed by atoms with E-state index in [1.807, 2.05) is 0 Å². The van der Waals surface area contributed by atoms with Gasteiger partial charge in [-0.25, -0.2) is 21.2 Å². The van der Waals surface area contributed by atoms with Crippen LogP contribution in [0.25, 0.3) is 0 Å². The number of hydrogen-bond donors (Lipinski definition) is 2. The molecule has 1 aliphatic heterocycles. The predicted octanol–water partition coefficient (Wildman–Crippen LogP) is 2.36. The molecule has 30 heavy (non-hydrogen) atoms. The summed E-state index contributed by atoms with van der Waals surface area (Å²) in [4.78, 5) is -0.852. The molecule has 13 heteroatoms. The van der Waals surface area contributed by atoms with E-state index in [0.717, 1.165) is 18.2 Å². The molecule has 1 fully saturated rings. The molecule has 2 N–H and O–H groups in total. The van der Waals surface area contributed by atoms with Gasteiger partial charge in [0.05, 0.1) is 21.5 Å². The predicted molar refractivity (Wildman–Crippen MR) is 110 cm³/mol. The van der Waals surface area contributed by atoms with E-state index < -0.39 is 61.1 Å². The van der Waals surface area contributed by atoms with Gasteiger partial charge >= 0.3 is 0 Å². The number of β-amino-alcohol motifs (C(OH)–C–C–N with tert-alkyl or cyclic N) is 1. The molecule has 0 aromatic heterocycles. The lowest BCUT2D eigenvalue weighted by atomic mass is 10.1. The minimum atomic E-state index is -4.46. The number of hydrogen-bond acceptors (Lipinski definition) is 6.